The van der Waals surface area contributed by atoms with Crippen LogP contribution < -0.4 is 17.0 Å². The van der Waals surface area contributed by atoms with Crippen molar-refractivity contribution in [3.8, 4) is 0 Å². The molecule has 6 heterocycles. The highest BCUT2D eigenvalue weighted by Gasteiger charge is 2.51. The van der Waals surface area contributed by atoms with Gasteiger partial charge in [-0.25, -0.2) is 24.5 Å². The molecular weight excluding hydrogens is 662 g/mol. The number of aliphatic hydroxyl groups is 2. The molecule has 2 aliphatic rings. The number of hydrogen-bond acceptors (Lipinski definition) is 19. The first kappa shape index (κ1) is 32.2. The number of fused-ring (bicyclic) bond motifs is 2. The van der Waals surface area contributed by atoms with Gasteiger partial charge in [-0.15, -0.1) is 0 Å². The van der Waals surface area contributed by atoms with E-state index in [0.717, 1.165) is 6.33 Å². The molecule has 0 aliphatic carbocycles. The number of nitrogen functional groups attached to an aromatic ring is 2. The number of nitrogens with two attached hydrogens (primary N) is 2. The highest BCUT2D eigenvalue weighted by molar-refractivity contribution is 7.47. The summed E-state index contributed by atoms with van der Waals surface area (Å²) >= 11 is 0. The predicted octanol–water partition coefficient (Wildman–Crippen LogP) is -2.80. The van der Waals surface area contributed by atoms with Crippen LogP contribution in [0.4, 0.5) is 11.8 Å². The van der Waals surface area contributed by atoms with Gasteiger partial charge >= 0.3 is 7.82 Å². The summed E-state index contributed by atoms with van der Waals surface area (Å²) in [7, 11) is -6.05. The third-order valence-electron chi connectivity index (χ3n) is 7.19. The fourth-order valence-corrected chi connectivity index (χ4v) is 6.36. The van der Waals surface area contributed by atoms with Crippen molar-refractivity contribution in [2.45, 2.75) is 49.1 Å². The van der Waals surface area contributed by atoms with E-state index in [2.05, 4.69) is 29.9 Å². The number of phosphoric acid groups is 1. The van der Waals surface area contributed by atoms with Crippen LogP contribution in [0.1, 0.15) is 12.5 Å². The number of H-pyrrole nitrogens is 1. The first-order valence-electron chi connectivity index (χ1n) is 13.1. The number of carbonyl (C=O) groups is 1. The van der Waals surface area contributed by atoms with E-state index in [1.165, 1.54) is 21.8 Å². The largest absolute Gasteiger partial charge is 0.472 e. The van der Waals surface area contributed by atoms with Crippen LogP contribution in [0.5, 0.6) is 0 Å². The SMILES string of the molecule is Nc1nc2c(ncn2C2OC(COP(=O)(O)OC3C(COPO)OC(n4cnc5c(N)ncnc54)C3O)C(O)C2OC=O)c(=O)[nH]1. The van der Waals surface area contributed by atoms with E-state index in [-0.39, 0.29) is 47.2 Å². The van der Waals surface area contributed by atoms with Crippen molar-refractivity contribution < 1.29 is 57.1 Å². The van der Waals surface area contributed by atoms with Crippen LogP contribution >= 0.6 is 16.9 Å². The molecule has 0 aromatic carbocycles. The molecule has 46 heavy (non-hydrogen) atoms. The van der Waals surface area contributed by atoms with Crippen molar-refractivity contribution in [1.29, 1.82) is 0 Å². The Morgan fingerprint density at radius 1 is 1.00 bits per heavy atom. The number of rotatable bonds is 12. The van der Waals surface area contributed by atoms with Gasteiger partial charge in [-0.3, -0.25) is 32.8 Å². The Kier molecular flexibility index (Phi) is 8.98. The number of nitrogens with one attached hydrogen (secondary N) is 1. The fraction of sp³-hybridized carbons (Fsp3) is 0.476. The number of hydrogen-bond donors (Lipinski definition) is 7. The molecule has 0 bridgehead atoms. The summed E-state index contributed by atoms with van der Waals surface area (Å²) in [4.78, 5) is 65.5. The zero-order chi connectivity index (χ0) is 32.7. The van der Waals surface area contributed by atoms with E-state index in [1.54, 1.807) is 0 Å². The highest BCUT2D eigenvalue weighted by Crippen LogP contribution is 2.49. The van der Waals surface area contributed by atoms with E-state index < -0.39 is 78.1 Å². The lowest BCUT2D eigenvalue weighted by Gasteiger charge is -2.24. The second kappa shape index (κ2) is 12.8. The van der Waals surface area contributed by atoms with Gasteiger partial charge in [0.2, 0.25) is 5.95 Å². The van der Waals surface area contributed by atoms with Gasteiger partial charge in [-0.05, 0) is 0 Å². The molecule has 2 aliphatic heterocycles. The smallest absolute Gasteiger partial charge is 0.457 e. The number of imidazole rings is 2. The quantitative estimate of drug-likeness (QED) is 0.0583. The molecule has 25 heteroatoms. The fourth-order valence-electron chi connectivity index (χ4n) is 5.16. The molecule has 4 aromatic heterocycles. The first-order chi connectivity index (χ1) is 22.0. The summed E-state index contributed by atoms with van der Waals surface area (Å²) in [5, 5.41) is 22.0. The Balaban J connectivity index is 1.18. The number of phosphoric ester groups is 1. The van der Waals surface area contributed by atoms with E-state index in [1.807, 2.05) is 0 Å². The van der Waals surface area contributed by atoms with E-state index >= 15 is 0 Å². The summed E-state index contributed by atoms with van der Waals surface area (Å²) in [5.41, 5.74) is 11.0. The molecule has 10 atom stereocenters. The van der Waals surface area contributed by atoms with Crippen LogP contribution in [0.15, 0.2) is 23.8 Å². The number of aromatic amines is 1. The molecular formula is C21H26N10O13P2. The van der Waals surface area contributed by atoms with Crippen LogP contribution in [0, 0.1) is 0 Å². The van der Waals surface area contributed by atoms with Crippen LogP contribution in [-0.4, -0.2) is 115 Å². The van der Waals surface area contributed by atoms with Gasteiger partial charge in [-0.1, -0.05) is 0 Å². The molecule has 0 amide bonds. The normalized spacial score (nSPS) is 29.7. The summed E-state index contributed by atoms with van der Waals surface area (Å²) in [6.45, 7) is -1.10. The zero-order valence-electron chi connectivity index (χ0n) is 23.0. The molecule has 0 spiro atoms. The summed E-state index contributed by atoms with van der Waals surface area (Å²) in [6.07, 6.45) is -7.82. The Labute approximate surface area is 257 Å². The second-order valence-electron chi connectivity index (χ2n) is 9.90. The Bertz CT molecular complexity index is 1840. The number of ether oxygens (including phenoxy) is 3. The molecule has 10 unspecified atom stereocenters. The summed E-state index contributed by atoms with van der Waals surface area (Å²) in [5.74, 6) is -0.181. The van der Waals surface area contributed by atoms with Crippen LogP contribution in [-0.2, 0) is 37.1 Å². The van der Waals surface area contributed by atoms with E-state index in [9.17, 15) is 29.3 Å². The number of carbonyl (C=O) groups excluding carboxylic acids is 1. The molecule has 9 N–H and O–H groups in total. The monoisotopic (exact) mass is 688 g/mol. The minimum Gasteiger partial charge on any atom is -0.457 e. The maximum atomic E-state index is 13.1. The number of aliphatic hydroxyl groups excluding tert-OH is 2. The van der Waals surface area contributed by atoms with Gasteiger partial charge in [0.15, 0.2) is 50.2 Å². The molecule has 2 fully saturated rings. The lowest BCUT2D eigenvalue weighted by atomic mass is 10.1. The van der Waals surface area contributed by atoms with Crippen molar-refractivity contribution in [2.75, 3.05) is 24.7 Å². The first-order valence-corrected chi connectivity index (χ1v) is 15.5. The number of aromatic nitrogens is 8. The highest BCUT2D eigenvalue weighted by atomic mass is 31.2. The van der Waals surface area contributed by atoms with Gasteiger partial charge in [-0.2, -0.15) is 4.98 Å². The molecule has 23 nitrogen and oxygen atoms in total. The van der Waals surface area contributed by atoms with Crippen LogP contribution in [0.3, 0.4) is 0 Å². The average molecular weight is 688 g/mol. The van der Waals surface area contributed by atoms with Crippen molar-refractivity contribution in [2.24, 2.45) is 0 Å². The lowest BCUT2D eigenvalue weighted by Crippen LogP contribution is -2.37. The summed E-state index contributed by atoms with van der Waals surface area (Å²) in [6, 6.07) is 0. The molecule has 6 rings (SSSR count). The van der Waals surface area contributed by atoms with Gasteiger partial charge in [0, 0.05) is 0 Å². The van der Waals surface area contributed by atoms with Crippen LogP contribution in [0.25, 0.3) is 22.3 Å². The Hall–Kier alpha value is -3.73. The minimum absolute atomic E-state index is 0.0537. The second-order valence-corrected chi connectivity index (χ2v) is 11.8. The molecule has 2 saturated heterocycles. The standard InChI is InChI=1S/C21H26N10O13P2/c22-15-9-16(25-3-24-15)30(4-26-9)19-12(34)13(8(43-19)1-40-45-36)44-46(37,38)41-2-7-11(33)14(39-6-32)20(42-7)31-5-27-10-17(31)28-21(23)29-18(10)35/h3-8,11-14,19-20,33-34,36,45H,1-2H2,(H,37,38)(H2,22,24,25)(H3,23,28,29,35). The van der Waals surface area contributed by atoms with Gasteiger partial charge in [0.25, 0.3) is 12.0 Å². The predicted molar refractivity (Wildman–Crippen MR) is 150 cm³/mol. The van der Waals surface area contributed by atoms with Crippen molar-refractivity contribution in [3.05, 3.63) is 29.3 Å². The third-order valence-corrected chi connectivity index (χ3v) is 8.47. The third kappa shape index (κ3) is 5.94. The zero-order valence-corrected chi connectivity index (χ0v) is 24.9. The molecule has 4 aromatic rings. The maximum absolute atomic E-state index is 13.1. The Morgan fingerprint density at radius 3 is 2.46 bits per heavy atom. The number of anilines is 2. The van der Waals surface area contributed by atoms with Gasteiger partial charge in [0.1, 0.15) is 42.4 Å². The molecule has 0 radical (unpaired) electrons. The van der Waals surface area contributed by atoms with Gasteiger partial charge < -0.3 is 50.2 Å². The van der Waals surface area contributed by atoms with Crippen LogP contribution in [0.2, 0.25) is 0 Å². The van der Waals surface area contributed by atoms with E-state index in [0.29, 0.717) is 0 Å². The van der Waals surface area contributed by atoms with E-state index in [4.69, 9.17) is 44.1 Å². The topological polar surface area (TPSA) is 330 Å². The summed E-state index contributed by atoms with van der Waals surface area (Å²) < 4.78 is 47.7. The average Bonchev–Trinajstić information content (AvgIpc) is 3.77. The lowest BCUT2D eigenvalue weighted by molar-refractivity contribution is -0.142. The number of nitrogens with zero attached hydrogens (tertiary/aromatic N) is 7. The molecule has 248 valence electrons. The Morgan fingerprint density at radius 2 is 1.72 bits per heavy atom. The maximum Gasteiger partial charge on any atom is 0.472 e. The van der Waals surface area contributed by atoms with Crippen molar-refractivity contribution in [3.63, 3.8) is 0 Å². The van der Waals surface area contributed by atoms with Gasteiger partial charge in [0.05, 0.1) is 25.9 Å². The van der Waals surface area contributed by atoms with Crippen molar-refractivity contribution >= 4 is 57.4 Å². The minimum atomic E-state index is -5.08. The molecule has 0 saturated carbocycles. The van der Waals surface area contributed by atoms with Crippen molar-refractivity contribution in [1.82, 2.24) is 39.0 Å².